The summed E-state index contributed by atoms with van der Waals surface area (Å²) in [6.45, 7) is 7.91. The molecule has 1 atom stereocenters. The number of rotatable bonds is 4. The highest BCUT2D eigenvalue weighted by molar-refractivity contribution is 6.02. The molecule has 0 unspecified atom stereocenters. The largest absolute Gasteiger partial charge is 0.271 e. The Morgan fingerprint density at radius 1 is 1.48 bits per heavy atom. The minimum atomic E-state index is -0.534. The quantitative estimate of drug-likeness (QED) is 0.523. The minimum absolute atomic E-state index is 0.124. The number of hydrazone groups is 1. The van der Waals surface area contributed by atoms with Crippen molar-refractivity contribution < 1.29 is 9.72 Å². The number of carbonyl (C=O) groups is 1. The molecule has 0 saturated carbocycles. The summed E-state index contributed by atoms with van der Waals surface area (Å²) >= 11 is 0. The van der Waals surface area contributed by atoms with E-state index in [1.165, 1.54) is 24.3 Å². The number of non-ortho nitro benzene ring substituents is 1. The maximum Gasteiger partial charge on any atom is 0.271 e. The van der Waals surface area contributed by atoms with E-state index in [-0.39, 0.29) is 11.3 Å². The van der Waals surface area contributed by atoms with Gasteiger partial charge >= 0.3 is 0 Å². The van der Waals surface area contributed by atoms with Crippen molar-refractivity contribution in [1.82, 2.24) is 5.43 Å². The summed E-state index contributed by atoms with van der Waals surface area (Å²) in [5.74, 6) is -0.140. The molecule has 1 aliphatic rings. The first kappa shape index (κ1) is 16.6. The summed E-state index contributed by atoms with van der Waals surface area (Å²) in [6.07, 6.45) is 3.74. The summed E-state index contributed by atoms with van der Waals surface area (Å²) < 4.78 is 0. The van der Waals surface area contributed by atoms with E-state index in [1.807, 2.05) is 13.8 Å². The van der Waals surface area contributed by atoms with Crippen LogP contribution in [0.1, 0.15) is 37.0 Å². The van der Waals surface area contributed by atoms with Crippen LogP contribution in [0.2, 0.25) is 0 Å². The maximum atomic E-state index is 12.1. The van der Waals surface area contributed by atoms with Crippen LogP contribution in [0.15, 0.2) is 53.2 Å². The van der Waals surface area contributed by atoms with Gasteiger partial charge in [-0.25, -0.2) is 5.43 Å². The average molecular weight is 313 g/mol. The molecule has 2 rings (SSSR count). The van der Waals surface area contributed by atoms with Crippen LogP contribution in [0.4, 0.5) is 5.69 Å². The van der Waals surface area contributed by atoms with Gasteiger partial charge in [0.25, 0.3) is 11.6 Å². The zero-order valence-corrected chi connectivity index (χ0v) is 13.2. The molecular formula is C17H19N3O3. The third-order valence-corrected chi connectivity index (χ3v) is 3.91. The van der Waals surface area contributed by atoms with E-state index in [4.69, 9.17) is 0 Å². The number of nitrogens with zero attached hydrogens (tertiary/aromatic N) is 2. The molecule has 0 spiro atoms. The van der Waals surface area contributed by atoms with Gasteiger partial charge in [0.15, 0.2) is 0 Å². The number of amides is 1. The lowest BCUT2D eigenvalue weighted by molar-refractivity contribution is -0.384. The zero-order valence-electron chi connectivity index (χ0n) is 13.2. The van der Waals surface area contributed by atoms with E-state index in [0.29, 0.717) is 5.92 Å². The van der Waals surface area contributed by atoms with Crippen LogP contribution >= 0.6 is 0 Å². The van der Waals surface area contributed by atoms with Crippen LogP contribution in [0.25, 0.3) is 0 Å². The Morgan fingerprint density at radius 3 is 2.87 bits per heavy atom. The highest BCUT2D eigenvalue weighted by Gasteiger charge is 2.19. The van der Waals surface area contributed by atoms with Crippen LogP contribution in [0.5, 0.6) is 0 Å². The Kier molecular flexibility index (Phi) is 5.05. The van der Waals surface area contributed by atoms with Crippen molar-refractivity contribution in [3.05, 3.63) is 63.7 Å². The first-order valence-electron chi connectivity index (χ1n) is 7.32. The number of nitrogens with one attached hydrogen (secondary N) is 1. The second kappa shape index (κ2) is 7.00. The Balaban J connectivity index is 2.12. The molecule has 1 aromatic rings. The minimum Gasteiger partial charge on any atom is -0.267 e. The third-order valence-electron chi connectivity index (χ3n) is 3.91. The lowest BCUT2D eigenvalue weighted by atomic mass is 9.85. The van der Waals surface area contributed by atoms with Gasteiger partial charge in [-0.3, -0.25) is 14.9 Å². The van der Waals surface area contributed by atoms with Crippen LogP contribution in [0.3, 0.4) is 0 Å². The number of allylic oxidation sites excluding steroid dienone is 3. The summed E-state index contributed by atoms with van der Waals surface area (Å²) in [5.41, 5.74) is 5.49. The standard InChI is InChI=1S/C17H19N3O3/c1-11(2)13-8-7-12(3)16(10-13)18-19-17(21)14-5-4-6-15(9-14)20(22)23/h4-7,9,13H,1,8,10H2,2-3H3,(H,19,21)/b18-16+/t13-/m0/s1. The lowest BCUT2D eigenvalue weighted by Crippen LogP contribution is -2.23. The van der Waals surface area contributed by atoms with Crippen LogP contribution < -0.4 is 5.43 Å². The average Bonchev–Trinajstić information content (AvgIpc) is 2.53. The number of benzene rings is 1. The zero-order chi connectivity index (χ0) is 17.0. The van der Waals surface area contributed by atoms with Gasteiger partial charge in [-0.05, 0) is 44.2 Å². The van der Waals surface area contributed by atoms with Gasteiger partial charge < -0.3 is 0 Å². The van der Waals surface area contributed by atoms with Crippen molar-refractivity contribution in [1.29, 1.82) is 0 Å². The molecular weight excluding hydrogens is 294 g/mol. The molecule has 1 aromatic carbocycles. The van der Waals surface area contributed by atoms with Gasteiger partial charge in [0.1, 0.15) is 0 Å². The Morgan fingerprint density at radius 2 is 2.22 bits per heavy atom. The highest BCUT2D eigenvalue weighted by atomic mass is 16.6. The van der Waals surface area contributed by atoms with Gasteiger partial charge in [-0.2, -0.15) is 5.10 Å². The van der Waals surface area contributed by atoms with Crippen molar-refractivity contribution in [2.24, 2.45) is 11.0 Å². The number of carbonyl (C=O) groups excluding carboxylic acids is 1. The Bertz CT molecular complexity index is 720. The summed E-state index contributed by atoms with van der Waals surface area (Å²) in [4.78, 5) is 22.3. The second-order valence-corrected chi connectivity index (χ2v) is 5.68. The smallest absolute Gasteiger partial charge is 0.267 e. The molecule has 6 heteroatoms. The van der Waals surface area contributed by atoms with Gasteiger partial charge in [-0.1, -0.05) is 24.3 Å². The molecule has 0 heterocycles. The molecule has 0 radical (unpaired) electrons. The predicted octanol–water partition coefficient (Wildman–Crippen LogP) is 3.61. The predicted molar refractivity (Wildman–Crippen MR) is 89.3 cm³/mol. The van der Waals surface area contributed by atoms with E-state index in [2.05, 4.69) is 23.2 Å². The van der Waals surface area contributed by atoms with E-state index in [9.17, 15) is 14.9 Å². The van der Waals surface area contributed by atoms with E-state index in [0.717, 1.165) is 29.7 Å². The fourth-order valence-corrected chi connectivity index (χ4v) is 2.37. The SMILES string of the molecule is C=C(C)[C@H]1CC=C(C)/C(=N/NC(=O)c2cccc([N+](=O)[O-])c2)C1. The summed E-state index contributed by atoms with van der Waals surface area (Å²) in [7, 11) is 0. The van der Waals surface area contributed by atoms with Crippen LogP contribution in [0, 0.1) is 16.0 Å². The number of hydrogen-bond acceptors (Lipinski definition) is 4. The van der Waals surface area contributed by atoms with Crippen molar-refractivity contribution >= 4 is 17.3 Å². The molecule has 120 valence electrons. The molecule has 1 N–H and O–H groups in total. The Hall–Kier alpha value is -2.76. The molecule has 0 fully saturated rings. The van der Waals surface area contributed by atoms with Gasteiger partial charge in [0.05, 0.1) is 10.6 Å². The first-order valence-corrected chi connectivity index (χ1v) is 7.32. The molecule has 1 amide bonds. The molecule has 0 aliphatic heterocycles. The summed E-state index contributed by atoms with van der Waals surface area (Å²) in [5, 5.41) is 14.9. The number of nitro benzene ring substituents is 1. The van der Waals surface area contributed by atoms with Gasteiger partial charge in [-0.15, -0.1) is 0 Å². The van der Waals surface area contributed by atoms with E-state index >= 15 is 0 Å². The maximum absolute atomic E-state index is 12.1. The molecule has 6 nitrogen and oxygen atoms in total. The lowest BCUT2D eigenvalue weighted by Gasteiger charge is -2.22. The number of hydrogen-bond donors (Lipinski definition) is 1. The second-order valence-electron chi connectivity index (χ2n) is 5.68. The first-order chi connectivity index (χ1) is 10.9. The molecule has 23 heavy (non-hydrogen) atoms. The fourth-order valence-electron chi connectivity index (χ4n) is 2.37. The molecule has 1 aliphatic carbocycles. The van der Waals surface area contributed by atoms with Crippen LogP contribution in [-0.2, 0) is 0 Å². The number of nitro groups is 1. The van der Waals surface area contributed by atoms with E-state index < -0.39 is 10.8 Å². The van der Waals surface area contributed by atoms with E-state index in [1.54, 1.807) is 0 Å². The Labute approximate surface area is 134 Å². The van der Waals surface area contributed by atoms with Crippen molar-refractivity contribution in [2.75, 3.05) is 0 Å². The fraction of sp³-hybridized carbons (Fsp3) is 0.294. The van der Waals surface area contributed by atoms with Crippen molar-refractivity contribution in [2.45, 2.75) is 26.7 Å². The van der Waals surface area contributed by atoms with Gasteiger partial charge in [0, 0.05) is 17.7 Å². The topological polar surface area (TPSA) is 84.6 Å². The molecule has 0 aromatic heterocycles. The normalized spacial score (nSPS) is 19.1. The summed E-state index contributed by atoms with van der Waals surface area (Å²) in [6, 6.07) is 5.57. The van der Waals surface area contributed by atoms with Crippen LogP contribution in [-0.4, -0.2) is 16.5 Å². The van der Waals surface area contributed by atoms with Crippen molar-refractivity contribution in [3.8, 4) is 0 Å². The highest BCUT2D eigenvalue weighted by Crippen LogP contribution is 2.26. The monoisotopic (exact) mass is 313 g/mol. The third kappa shape index (κ3) is 4.12. The van der Waals surface area contributed by atoms with Crippen molar-refractivity contribution in [3.63, 3.8) is 0 Å². The molecule has 0 bridgehead atoms. The molecule has 0 saturated heterocycles. The van der Waals surface area contributed by atoms with Gasteiger partial charge in [0.2, 0.25) is 0 Å².